The molecule has 3 aromatic rings. The molecule has 0 aliphatic carbocycles. The zero-order valence-electron chi connectivity index (χ0n) is 22.4. The van der Waals surface area contributed by atoms with E-state index < -0.39 is 21.6 Å². The summed E-state index contributed by atoms with van der Waals surface area (Å²) in [7, 11) is -1.63. The molecular weight excluding hydrogens is 541 g/mol. The van der Waals surface area contributed by atoms with Gasteiger partial charge in [-0.3, -0.25) is 9.69 Å². The van der Waals surface area contributed by atoms with Gasteiger partial charge in [-0.25, -0.2) is 8.42 Å². The molecular formula is C30H33F3N2O4S. The first-order valence-corrected chi connectivity index (χ1v) is 14.7. The minimum atomic E-state index is -4.36. The van der Waals surface area contributed by atoms with Crippen molar-refractivity contribution in [3.8, 4) is 0 Å². The van der Waals surface area contributed by atoms with Crippen molar-refractivity contribution in [2.24, 2.45) is 0 Å². The number of ether oxygens (including phenoxy) is 1. The van der Waals surface area contributed by atoms with Crippen molar-refractivity contribution in [3.63, 3.8) is 0 Å². The molecule has 0 spiro atoms. The fourth-order valence-corrected chi connectivity index (χ4v) is 5.88. The average Bonchev–Trinajstić information content (AvgIpc) is 3.34. The lowest BCUT2D eigenvalue weighted by Crippen LogP contribution is -2.32. The topological polar surface area (TPSA) is 75.7 Å². The van der Waals surface area contributed by atoms with Crippen LogP contribution < -0.4 is 5.32 Å². The van der Waals surface area contributed by atoms with E-state index in [0.29, 0.717) is 18.7 Å². The molecule has 0 aromatic heterocycles. The van der Waals surface area contributed by atoms with Crippen molar-refractivity contribution in [3.05, 3.63) is 101 Å². The Labute approximate surface area is 233 Å². The minimum absolute atomic E-state index is 0.0319. The van der Waals surface area contributed by atoms with Crippen LogP contribution in [0.2, 0.25) is 0 Å². The summed E-state index contributed by atoms with van der Waals surface area (Å²) in [5.74, 6) is -0.00139. The Kier molecular flexibility index (Phi) is 9.33. The summed E-state index contributed by atoms with van der Waals surface area (Å²) in [5.41, 5.74) is 2.54. The number of hydrogen-bond donors (Lipinski definition) is 1. The molecule has 2 atom stereocenters. The molecule has 1 fully saturated rings. The molecule has 1 amide bonds. The van der Waals surface area contributed by atoms with Gasteiger partial charge < -0.3 is 10.1 Å². The molecule has 0 saturated carbocycles. The predicted octanol–water partition coefficient (Wildman–Crippen LogP) is 5.43. The van der Waals surface area contributed by atoms with E-state index >= 15 is 0 Å². The van der Waals surface area contributed by atoms with Gasteiger partial charge in [0.25, 0.3) is 5.91 Å². The number of methoxy groups -OCH3 is 1. The highest BCUT2D eigenvalue weighted by atomic mass is 32.2. The van der Waals surface area contributed by atoms with Crippen LogP contribution in [0.3, 0.4) is 0 Å². The van der Waals surface area contributed by atoms with E-state index in [1.807, 2.05) is 12.1 Å². The van der Waals surface area contributed by atoms with E-state index in [2.05, 4.69) is 10.2 Å². The molecule has 0 bridgehead atoms. The molecule has 3 aromatic carbocycles. The minimum Gasteiger partial charge on any atom is -0.383 e. The van der Waals surface area contributed by atoms with E-state index in [1.165, 1.54) is 12.1 Å². The lowest BCUT2D eigenvalue weighted by Gasteiger charge is -2.24. The van der Waals surface area contributed by atoms with E-state index in [4.69, 9.17) is 4.74 Å². The van der Waals surface area contributed by atoms with Gasteiger partial charge >= 0.3 is 6.18 Å². The molecule has 0 radical (unpaired) electrons. The first-order valence-electron chi connectivity index (χ1n) is 13.1. The normalized spacial score (nSPS) is 18.1. The van der Waals surface area contributed by atoms with E-state index in [0.717, 1.165) is 41.8 Å². The van der Waals surface area contributed by atoms with Crippen LogP contribution in [0.4, 0.5) is 13.2 Å². The van der Waals surface area contributed by atoms with Gasteiger partial charge in [0.05, 0.1) is 22.8 Å². The van der Waals surface area contributed by atoms with Crippen LogP contribution in [-0.4, -0.2) is 51.3 Å². The lowest BCUT2D eigenvalue weighted by molar-refractivity contribution is -0.137. The summed E-state index contributed by atoms with van der Waals surface area (Å²) in [4.78, 5) is 15.2. The number of hydrogen-bond acceptors (Lipinski definition) is 5. The number of benzene rings is 3. The maximum Gasteiger partial charge on any atom is 0.416 e. The van der Waals surface area contributed by atoms with Crippen molar-refractivity contribution < 1.29 is 31.1 Å². The van der Waals surface area contributed by atoms with Crippen LogP contribution >= 0.6 is 0 Å². The molecule has 4 rings (SSSR count). The van der Waals surface area contributed by atoms with Gasteiger partial charge in [-0.2, -0.15) is 13.2 Å². The van der Waals surface area contributed by atoms with Gasteiger partial charge in [0, 0.05) is 38.3 Å². The summed E-state index contributed by atoms with van der Waals surface area (Å²) in [6, 6.07) is 19.3. The molecule has 1 saturated heterocycles. The first kappa shape index (κ1) is 29.8. The van der Waals surface area contributed by atoms with Crippen LogP contribution in [0.1, 0.15) is 51.9 Å². The van der Waals surface area contributed by atoms with Gasteiger partial charge in [-0.15, -0.1) is 0 Å². The molecule has 2 unspecified atom stereocenters. The van der Waals surface area contributed by atoms with Crippen LogP contribution in [0.25, 0.3) is 0 Å². The number of rotatable bonds is 10. The highest BCUT2D eigenvalue weighted by Crippen LogP contribution is 2.34. The highest BCUT2D eigenvalue weighted by molar-refractivity contribution is 7.91. The molecule has 40 heavy (non-hydrogen) atoms. The summed E-state index contributed by atoms with van der Waals surface area (Å²) in [5, 5.41) is 2.86. The van der Waals surface area contributed by atoms with Gasteiger partial charge in [0.1, 0.15) is 0 Å². The molecule has 214 valence electrons. The Bertz CT molecular complexity index is 1390. The molecule has 1 N–H and O–H groups in total. The third-order valence-corrected chi connectivity index (χ3v) is 9.06. The Morgan fingerprint density at radius 2 is 1.60 bits per heavy atom. The number of nitrogens with one attached hydrogen (secondary N) is 1. The zero-order chi connectivity index (χ0) is 28.9. The third-order valence-electron chi connectivity index (χ3n) is 7.31. The first-order chi connectivity index (χ1) is 19.0. The summed E-state index contributed by atoms with van der Waals surface area (Å²) >= 11 is 0. The summed E-state index contributed by atoms with van der Waals surface area (Å²) < 4.78 is 68.1. The van der Waals surface area contributed by atoms with Crippen LogP contribution in [0.5, 0.6) is 0 Å². The SMILES string of the molecule is CCS(=O)(=O)c1ccc(CNC(=O)c2ccc(C3CC(COC)N(Cc4ccc(C(F)(F)F)cc4)C3)cc2)cc1. The van der Waals surface area contributed by atoms with Crippen LogP contribution in [-0.2, 0) is 33.8 Å². The maximum atomic E-state index is 12.9. The number of sulfone groups is 1. The van der Waals surface area contributed by atoms with Crippen molar-refractivity contribution in [1.29, 1.82) is 0 Å². The molecule has 6 nitrogen and oxygen atoms in total. The predicted molar refractivity (Wildman–Crippen MR) is 147 cm³/mol. The van der Waals surface area contributed by atoms with Crippen molar-refractivity contribution in [1.82, 2.24) is 10.2 Å². The second-order valence-electron chi connectivity index (χ2n) is 10.0. The number of carbonyl (C=O) groups excluding carboxylic acids is 1. The fourth-order valence-electron chi connectivity index (χ4n) is 4.99. The Hall–Kier alpha value is -3.21. The number of alkyl halides is 3. The largest absolute Gasteiger partial charge is 0.416 e. The second-order valence-corrected chi connectivity index (χ2v) is 12.3. The highest BCUT2D eigenvalue weighted by Gasteiger charge is 2.33. The molecule has 10 heteroatoms. The number of nitrogens with zero attached hydrogens (tertiary/aromatic N) is 1. The summed E-state index contributed by atoms with van der Waals surface area (Å²) in [6.07, 6.45) is -3.52. The zero-order valence-corrected chi connectivity index (χ0v) is 23.3. The monoisotopic (exact) mass is 574 g/mol. The van der Waals surface area contributed by atoms with Crippen LogP contribution in [0.15, 0.2) is 77.7 Å². The quantitative estimate of drug-likeness (QED) is 0.349. The van der Waals surface area contributed by atoms with Gasteiger partial charge in [0.2, 0.25) is 0 Å². The smallest absolute Gasteiger partial charge is 0.383 e. The maximum absolute atomic E-state index is 12.9. The van der Waals surface area contributed by atoms with Crippen LogP contribution in [0, 0.1) is 0 Å². The molecule has 1 aliphatic heterocycles. The Morgan fingerprint density at radius 3 is 2.17 bits per heavy atom. The Balaban J connectivity index is 1.35. The van der Waals surface area contributed by atoms with E-state index in [9.17, 15) is 26.4 Å². The lowest BCUT2D eigenvalue weighted by atomic mass is 9.95. The standard InChI is InChI=1S/C30H33F3N2O4S/c1-3-40(37,38)28-14-6-21(7-15-28)17-34-29(36)24-10-8-23(9-11-24)25-16-27(20-39-2)35(19-25)18-22-4-12-26(13-5-22)30(31,32)33/h4-15,25,27H,3,16-20H2,1-2H3,(H,34,36). The van der Waals surface area contributed by atoms with Crippen molar-refractivity contribution in [2.45, 2.75) is 49.5 Å². The van der Waals surface area contributed by atoms with E-state index in [1.54, 1.807) is 50.4 Å². The number of carbonyl (C=O) groups is 1. The number of halogens is 3. The van der Waals surface area contributed by atoms with Crippen molar-refractivity contribution >= 4 is 15.7 Å². The van der Waals surface area contributed by atoms with Crippen molar-refractivity contribution in [2.75, 3.05) is 26.0 Å². The Morgan fingerprint density at radius 1 is 0.975 bits per heavy atom. The fraction of sp³-hybridized carbons (Fsp3) is 0.367. The van der Waals surface area contributed by atoms with Gasteiger partial charge in [-0.05, 0) is 65.4 Å². The molecule has 1 aliphatic rings. The summed E-state index contributed by atoms with van der Waals surface area (Å²) in [6.45, 7) is 3.63. The van der Waals surface area contributed by atoms with Gasteiger partial charge in [0.15, 0.2) is 9.84 Å². The van der Waals surface area contributed by atoms with Gasteiger partial charge in [-0.1, -0.05) is 43.3 Å². The van der Waals surface area contributed by atoms with E-state index in [-0.39, 0.29) is 35.1 Å². The number of likely N-dealkylation sites (tertiary alicyclic amines) is 1. The average molecular weight is 575 g/mol. The third kappa shape index (κ3) is 7.30. The number of amides is 1. The second kappa shape index (κ2) is 12.5. The molecule has 1 heterocycles.